The van der Waals surface area contributed by atoms with Crippen molar-refractivity contribution < 1.29 is 4.79 Å². The van der Waals surface area contributed by atoms with Gasteiger partial charge in [0.1, 0.15) is 0 Å². The van der Waals surface area contributed by atoms with Crippen molar-refractivity contribution in [2.75, 3.05) is 23.3 Å². The molecule has 2 aromatic rings. The van der Waals surface area contributed by atoms with Gasteiger partial charge in [-0.25, -0.2) is 0 Å². The molecule has 3 nitrogen and oxygen atoms in total. The summed E-state index contributed by atoms with van der Waals surface area (Å²) in [5.74, 6) is 0.267. The number of para-hydroxylation sites is 1. The molecule has 2 aromatic carbocycles. The standard InChI is InChI=1S/C21H26N2O/c1-15-13-16(2)20(17(3)14-15)22-21(24)18-9-11-23(12-10-18)19-7-5-4-6-8-19/h4-8,13-14,18H,9-12H2,1-3H3,(H,22,24). The van der Waals surface area contributed by atoms with Gasteiger partial charge in [-0.1, -0.05) is 35.9 Å². The monoisotopic (exact) mass is 322 g/mol. The highest BCUT2D eigenvalue weighted by Crippen LogP contribution is 2.26. The van der Waals surface area contributed by atoms with Gasteiger partial charge in [-0.05, 0) is 56.9 Å². The minimum absolute atomic E-state index is 0.102. The molecule has 24 heavy (non-hydrogen) atoms. The van der Waals surface area contributed by atoms with Crippen LogP contribution in [0.15, 0.2) is 42.5 Å². The number of piperidine rings is 1. The first-order chi connectivity index (χ1) is 11.5. The van der Waals surface area contributed by atoms with Crippen molar-refractivity contribution in [1.29, 1.82) is 0 Å². The van der Waals surface area contributed by atoms with Crippen molar-refractivity contribution in [3.05, 3.63) is 59.2 Å². The molecular formula is C21H26N2O. The molecule has 0 bridgehead atoms. The summed E-state index contributed by atoms with van der Waals surface area (Å²) in [6.07, 6.45) is 1.81. The number of carbonyl (C=O) groups is 1. The molecule has 1 heterocycles. The molecule has 1 fully saturated rings. The van der Waals surface area contributed by atoms with Gasteiger partial charge >= 0.3 is 0 Å². The van der Waals surface area contributed by atoms with Crippen LogP contribution in [0.2, 0.25) is 0 Å². The first-order valence-corrected chi connectivity index (χ1v) is 8.73. The van der Waals surface area contributed by atoms with Gasteiger partial charge in [0.2, 0.25) is 5.91 Å². The number of amides is 1. The van der Waals surface area contributed by atoms with Crippen molar-refractivity contribution in [1.82, 2.24) is 0 Å². The maximum absolute atomic E-state index is 12.7. The molecule has 1 aliphatic heterocycles. The Morgan fingerprint density at radius 1 is 1.00 bits per heavy atom. The summed E-state index contributed by atoms with van der Waals surface area (Å²) in [5, 5.41) is 3.17. The van der Waals surface area contributed by atoms with Crippen molar-refractivity contribution in [2.24, 2.45) is 5.92 Å². The van der Waals surface area contributed by atoms with Crippen LogP contribution < -0.4 is 10.2 Å². The van der Waals surface area contributed by atoms with Crippen LogP contribution in [0.5, 0.6) is 0 Å². The lowest BCUT2D eigenvalue weighted by molar-refractivity contribution is -0.120. The number of nitrogens with one attached hydrogen (secondary N) is 1. The third-order valence-electron chi connectivity index (χ3n) is 4.91. The van der Waals surface area contributed by atoms with E-state index < -0.39 is 0 Å². The zero-order chi connectivity index (χ0) is 17.1. The Hall–Kier alpha value is -2.29. The van der Waals surface area contributed by atoms with E-state index in [0.29, 0.717) is 0 Å². The van der Waals surface area contributed by atoms with E-state index in [1.165, 1.54) is 11.3 Å². The zero-order valence-corrected chi connectivity index (χ0v) is 14.8. The lowest BCUT2D eigenvalue weighted by atomic mass is 9.95. The first-order valence-electron chi connectivity index (χ1n) is 8.73. The Labute approximate surface area is 144 Å². The minimum atomic E-state index is 0.102. The number of nitrogens with zero attached hydrogens (tertiary/aromatic N) is 1. The minimum Gasteiger partial charge on any atom is -0.371 e. The normalized spacial score (nSPS) is 15.4. The number of rotatable bonds is 3. The Kier molecular flexibility index (Phi) is 4.89. The zero-order valence-electron chi connectivity index (χ0n) is 14.8. The van der Waals surface area contributed by atoms with Gasteiger partial charge in [0.05, 0.1) is 0 Å². The van der Waals surface area contributed by atoms with Crippen LogP contribution in [-0.2, 0) is 4.79 Å². The molecule has 0 atom stereocenters. The van der Waals surface area contributed by atoms with E-state index in [0.717, 1.165) is 42.7 Å². The van der Waals surface area contributed by atoms with E-state index in [-0.39, 0.29) is 11.8 Å². The number of carbonyl (C=O) groups excluding carboxylic acids is 1. The molecule has 0 aromatic heterocycles. The van der Waals surface area contributed by atoms with Crippen LogP contribution >= 0.6 is 0 Å². The fourth-order valence-electron chi connectivity index (χ4n) is 3.64. The average molecular weight is 322 g/mol. The summed E-state index contributed by atoms with van der Waals surface area (Å²) in [7, 11) is 0. The van der Waals surface area contributed by atoms with Crippen molar-refractivity contribution in [2.45, 2.75) is 33.6 Å². The fraction of sp³-hybridized carbons (Fsp3) is 0.381. The van der Waals surface area contributed by atoms with Gasteiger partial charge in [-0.3, -0.25) is 4.79 Å². The van der Waals surface area contributed by atoms with Crippen LogP contribution in [0.3, 0.4) is 0 Å². The van der Waals surface area contributed by atoms with Gasteiger partial charge in [-0.2, -0.15) is 0 Å². The van der Waals surface area contributed by atoms with E-state index in [2.05, 4.69) is 67.4 Å². The third kappa shape index (κ3) is 3.61. The molecule has 0 aliphatic carbocycles. The lowest BCUT2D eigenvalue weighted by Gasteiger charge is -2.33. The van der Waals surface area contributed by atoms with E-state index >= 15 is 0 Å². The van der Waals surface area contributed by atoms with E-state index in [1.54, 1.807) is 0 Å². The molecule has 1 N–H and O–H groups in total. The lowest BCUT2D eigenvalue weighted by Crippen LogP contribution is -2.38. The summed E-state index contributed by atoms with van der Waals surface area (Å²) in [5.41, 5.74) is 5.75. The largest absolute Gasteiger partial charge is 0.371 e. The maximum atomic E-state index is 12.7. The second-order valence-corrected chi connectivity index (χ2v) is 6.86. The molecule has 126 valence electrons. The number of hydrogen-bond acceptors (Lipinski definition) is 2. The van der Waals surface area contributed by atoms with E-state index in [1.807, 2.05) is 6.07 Å². The van der Waals surface area contributed by atoms with Crippen LogP contribution in [0.4, 0.5) is 11.4 Å². The van der Waals surface area contributed by atoms with Crippen LogP contribution in [0.1, 0.15) is 29.5 Å². The van der Waals surface area contributed by atoms with Crippen LogP contribution in [-0.4, -0.2) is 19.0 Å². The Bertz CT molecular complexity index is 693. The van der Waals surface area contributed by atoms with Crippen molar-refractivity contribution in [3.8, 4) is 0 Å². The topological polar surface area (TPSA) is 32.3 Å². The predicted octanol–water partition coefficient (Wildman–Crippen LogP) is 4.47. The second-order valence-electron chi connectivity index (χ2n) is 6.86. The average Bonchev–Trinajstić information content (AvgIpc) is 2.59. The summed E-state index contributed by atoms with van der Waals surface area (Å²) in [6.45, 7) is 8.09. The molecule has 1 amide bonds. The van der Waals surface area contributed by atoms with Crippen LogP contribution in [0.25, 0.3) is 0 Å². The van der Waals surface area contributed by atoms with Gasteiger partial charge in [0.25, 0.3) is 0 Å². The smallest absolute Gasteiger partial charge is 0.227 e. The number of aryl methyl sites for hydroxylation is 3. The molecule has 0 saturated carbocycles. The molecular weight excluding hydrogens is 296 g/mol. The summed E-state index contributed by atoms with van der Waals surface area (Å²) < 4.78 is 0. The number of anilines is 2. The fourth-order valence-corrected chi connectivity index (χ4v) is 3.64. The molecule has 0 spiro atoms. The Morgan fingerprint density at radius 3 is 2.17 bits per heavy atom. The molecule has 0 radical (unpaired) electrons. The summed E-state index contributed by atoms with van der Waals surface area (Å²) in [6, 6.07) is 14.7. The first kappa shape index (κ1) is 16.6. The molecule has 1 aliphatic rings. The van der Waals surface area contributed by atoms with Crippen molar-refractivity contribution in [3.63, 3.8) is 0 Å². The quantitative estimate of drug-likeness (QED) is 0.904. The molecule has 1 saturated heterocycles. The summed E-state index contributed by atoms with van der Waals surface area (Å²) in [4.78, 5) is 15.0. The summed E-state index contributed by atoms with van der Waals surface area (Å²) >= 11 is 0. The van der Waals surface area contributed by atoms with E-state index in [4.69, 9.17) is 0 Å². The Morgan fingerprint density at radius 2 is 1.58 bits per heavy atom. The van der Waals surface area contributed by atoms with Gasteiger partial charge in [-0.15, -0.1) is 0 Å². The molecule has 3 rings (SSSR count). The number of benzene rings is 2. The van der Waals surface area contributed by atoms with Gasteiger partial charge < -0.3 is 10.2 Å². The van der Waals surface area contributed by atoms with E-state index in [9.17, 15) is 4.79 Å². The molecule has 0 unspecified atom stereocenters. The highest BCUT2D eigenvalue weighted by molar-refractivity contribution is 5.94. The molecule has 3 heteroatoms. The van der Waals surface area contributed by atoms with Crippen LogP contribution in [0, 0.1) is 26.7 Å². The SMILES string of the molecule is Cc1cc(C)c(NC(=O)C2CCN(c3ccccc3)CC2)c(C)c1. The highest BCUT2D eigenvalue weighted by atomic mass is 16.1. The van der Waals surface area contributed by atoms with Gasteiger partial charge in [0.15, 0.2) is 0 Å². The maximum Gasteiger partial charge on any atom is 0.227 e. The predicted molar refractivity (Wildman–Crippen MR) is 101 cm³/mol. The van der Waals surface area contributed by atoms with Crippen molar-refractivity contribution >= 4 is 17.3 Å². The van der Waals surface area contributed by atoms with Gasteiger partial charge in [0, 0.05) is 30.4 Å². The third-order valence-corrected chi connectivity index (χ3v) is 4.91. The second kappa shape index (κ2) is 7.08. The Balaban J connectivity index is 1.62. The number of hydrogen-bond donors (Lipinski definition) is 1. The highest BCUT2D eigenvalue weighted by Gasteiger charge is 2.25.